The normalized spacial score (nSPS) is 16.0. The first-order chi connectivity index (χ1) is 8.66. The highest BCUT2D eigenvalue weighted by Gasteiger charge is 2.16. The van der Waals surface area contributed by atoms with Crippen molar-refractivity contribution in [1.29, 1.82) is 0 Å². The second-order valence-corrected chi connectivity index (χ2v) is 4.69. The SMILES string of the molecule is Nc1ccc(=O)n(CCCN2CCCCC2=O)c1. The minimum absolute atomic E-state index is 0.0471. The van der Waals surface area contributed by atoms with Gasteiger partial charge in [0, 0.05) is 44.0 Å². The topological polar surface area (TPSA) is 68.3 Å². The standard InChI is InChI=1S/C13H19N3O2/c14-11-5-6-13(18)16(10-11)9-3-8-15-7-2-1-4-12(15)17/h5-6,10H,1-4,7-9,14H2. The molecule has 5 heteroatoms. The van der Waals surface area contributed by atoms with E-state index in [0.29, 0.717) is 18.7 Å². The number of likely N-dealkylation sites (tertiary alicyclic amines) is 1. The monoisotopic (exact) mass is 249 g/mol. The maximum atomic E-state index is 11.6. The van der Waals surface area contributed by atoms with E-state index >= 15 is 0 Å². The Morgan fingerprint density at radius 2 is 2.00 bits per heavy atom. The summed E-state index contributed by atoms with van der Waals surface area (Å²) in [4.78, 5) is 25.0. The Kier molecular flexibility index (Phi) is 4.02. The molecule has 1 fully saturated rings. The van der Waals surface area contributed by atoms with Gasteiger partial charge in [-0.1, -0.05) is 0 Å². The van der Waals surface area contributed by atoms with Crippen LogP contribution in [0.3, 0.4) is 0 Å². The fourth-order valence-electron chi connectivity index (χ4n) is 2.25. The summed E-state index contributed by atoms with van der Waals surface area (Å²) in [7, 11) is 0. The Bertz CT molecular complexity index is 481. The minimum atomic E-state index is -0.0471. The van der Waals surface area contributed by atoms with Gasteiger partial charge in [0.05, 0.1) is 0 Å². The third-order valence-electron chi connectivity index (χ3n) is 3.25. The first-order valence-electron chi connectivity index (χ1n) is 6.40. The van der Waals surface area contributed by atoms with E-state index in [1.165, 1.54) is 6.07 Å². The number of rotatable bonds is 4. The number of nitrogens with zero attached hydrogens (tertiary/aromatic N) is 2. The summed E-state index contributed by atoms with van der Waals surface area (Å²) in [6.45, 7) is 2.18. The molecule has 0 atom stereocenters. The van der Waals surface area contributed by atoms with Crippen LogP contribution in [0.25, 0.3) is 0 Å². The lowest BCUT2D eigenvalue weighted by atomic mass is 10.1. The van der Waals surface area contributed by atoms with Gasteiger partial charge in [-0.2, -0.15) is 0 Å². The lowest BCUT2D eigenvalue weighted by Gasteiger charge is -2.26. The number of hydrogen-bond donors (Lipinski definition) is 1. The van der Waals surface area contributed by atoms with Gasteiger partial charge in [0.2, 0.25) is 5.91 Å². The molecular weight excluding hydrogens is 230 g/mol. The number of pyridine rings is 1. The van der Waals surface area contributed by atoms with Crippen molar-refractivity contribution in [3.8, 4) is 0 Å². The van der Waals surface area contributed by atoms with Gasteiger partial charge in [-0.15, -0.1) is 0 Å². The molecule has 0 bridgehead atoms. The maximum Gasteiger partial charge on any atom is 0.250 e. The van der Waals surface area contributed by atoms with Crippen molar-refractivity contribution in [2.75, 3.05) is 18.8 Å². The molecule has 1 aliphatic rings. The van der Waals surface area contributed by atoms with Gasteiger partial charge in [-0.3, -0.25) is 9.59 Å². The molecule has 1 saturated heterocycles. The zero-order valence-electron chi connectivity index (χ0n) is 10.5. The largest absolute Gasteiger partial charge is 0.398 e. The summed E-state index contributed by atoms with van der Waals surface area (Å²) in [6.07, 6.45) is 5.20. The van der Waals surface area contributed by atoms with E-state index in [1.807, 2.05) is 4.90 Å². The Labute approximate surface area is 106 Å². The second kappa shape index (κ2) is 5.71. The first kappa shape index (κ1) is 12.7. The van der Waals surface area contributed by atoms with Crippen molar-refractivity contribution in [2.24, 2.45) is 0 Å². The highest BCUT2D eigenvalue weighted by Crippen LogP contribution is 2.10. The number of hydrogen-bond acceptors (Lipinski definition) is 3. The smallest absolute Gasteiger partial charge is 0.250 e. The summed E-state index contributed by atoms with van der Waals surface area (Å²) in [5.41, 5.74) is 6.18. The van der Waals surface area contributed by atoms with Crippen LogP contribution in [0, 0.1) is 0 Å². The van der Waals surface area contributed by atoms with Gasteiger partial charge >= 0.3 is 0 Å². The zero-order valence-corrected chi connectivity index (χ0v) is 10.5. The minimum Gasteiger partial charge on any atom is -0.398 e. The highest BCUT2D eigenvalue weighted by atomic mass is 16.2. The fraction of sp³-hybridized carbons (Fsp3) is 0.538. The van der Waals surface area contributed by atoms with E-state index in [9.17, 15) is 9.59 Å². The summed E-state index contributed by atoms with van der Waals surface area (Å²) >= 11 is 0. The number of amides is 1. The molecule has 0 aliphatic carbocycles. The molecule has 1 aromatic rings. The maximum absolute atomic E-state index is 11.6. The molecule has 1 aliphatic heterocycles. The molecule has 1 aromatic heterocycles. The molecular formula is C13H19N3O2. The quantitative estimate of drug-likeness (QED) is 0.859. The second-order valence-electron chi connectivity index (χ2n) is 4.69. The molecule has 2 N–H and O–H groups in total. The number of aromatic nitrogens is 1. The number of carbonyl (C=O) groups excluding carboxylic acids is 1. The number of piperidine rings is 1. The molecule has 0 unspecified atom stereocenters. The fourth-order valence-corrected chi connectivity index (χ4v) is 2.25. The number of anilines is 1. The van der Waals surface area contributed by atoms with E-state index in [0.717, 1.165) is 32.4 Å². The average Bonchev–Trinajstić information content (AvgIpc) is 2.36. The van der Waals surface area contributed by atoms with Gasteiger partial charge in [0.25, 0.3) is 5.56 Å². The molecule has 0 saturated carbocycles. The van der Waals surface area contributed by atoms with Gasteiger partial charge < -0.3 is 15.2 Å². The molecule has 0 radical (unpaired) electrons. The molecule has 2 heterocycles. The molecule has 0 aromatic carbocycles. The van der Waals surface area contributed by atoms with Gasteiger partial charge in [0.1, 0.15) is 0 Å². The van der Waals surface area contributed by atoms with Crippen LogP contribution in [0.2, 0.25) is 0 Å². The zero-order chi connectivity index (χ0) is 13.0. The Morgan fingerprint density at radius 1 is 1.17 bits per heavy atom. The van der Waals surface area contributed by atoms with E-state index in [4.69, 9.17) is 5.73 Å². The molecule has 1 amide bonds. The summed E-state index contributed by atoms with van der Waals surface area (Å²) in [6, 6.07) is 3.08. The summed E-state index contributed by atoms with van der Waals surface area (Å²) in [5.74, 6) is 0.237. The lowest BCUT2D eigenvalue weighted by molar-refractivity contribution is -0.133. The molecule has 18 heavy (non-hydrogen) atoms. The van der Waals surface area contributed by atoms with Gasteiger partial charge in [-0.25, -0.2) is 0 Å². The summed E-state index contributed by atoms with van der Waals surface area (Å²) in [5, 5.41) is 0. The highest BCUT2D eigenvalue weighted by molar-refractivity contribution is 5.76. The van der Waals surface area contributed by atoms with Crippen LogP contribution in [-0.2, 0) is 11.3 Å². The van der Waals surface area contributed by atoms with E-state index in [-0.39, 0.29) is 11.5 Å². The van der Waals surface area contributed by atoms with Crippen molar-refractivity contribution in [1.82, 2.24) is 9.47 Å². The Morgan fingerprint density at radius 3 is 2.78 bits per heavy atom. The van der Waals surface area contributed by atoms with Crippen LogP contribution in [0.5, 0.6) is 0 Å². The number of nitrogens with two attached hydrogens (primary N) is 1. The predicted octanol–water partition coefficient (Wildman–Crippen LogP) is 0.833. The van der Waals surface area contributed by atoms with Crippen LogP contribution in [0.1, 0.15) is 25.7 Å². The van der Waals surface area contributed by atoms with Crippen molar-refractivity contribution >= 4 is 11.6 Å². The van der Waals surface area contributed by atoms with Crippen LogP contribution in [0.4, 0.5) is 5.69 Å². The lowest BCUT2D eigenvalue weighted by Crippen LogP contribution is -2.36. The van der Waals surface area contributed by atoms with E-state index in [1.54, 1.807) is 16.8 Å². The van der Waals surface area contributed by atoms with Gasteiger partial charge in [0.15, 0.2) is 0 Å². The summed E-state index contributed by atoms with van der Waals surface area (Å²) < 4.78 is 1.60. The molecule has 2 rings (SSSR count). The van der Waals surface area contributed by atoms with Crippen molar-refractivity contribution < 1.29 is 4.79 Å². The van der Waals surface area contributed by atoms with Crippen LogP contribution >= 0.6 is 0 Å². The van der Waals surface area contributed by atoms with Gasteiger partial charge in [-0.05, 0) is 25.3 Å². The van der Waals surface area contributed by atoms with Crippen molar-refractivity contribution in [3.05, 3.63) is 28.7 Å². The van der Waals surface area contributed by atoms with E-state index < -0.39 is 0 Å². The average molecular weight is 249 g/mol. The van der Waals surface area contributed by atoms with E-state index in [2.05, 4.69) is 0 Å². The van der Waals surface area contributed by atoms with Crippen molar-refractivity contribution in [3.63, 3.8) is 0 Å². The predicted molar refractivity (Wildman–Crippen MR) is 70.2 cm³/mol. The Hall–Kier alpha value is -1.78. The number of carbonyl (C=O) groups is 1. The first-order valence-corrected chi connectivity index (χ1v) is 6.40. The third-order valence-corrected chi connectivity index (χ3v) is 3.25. The van der Waals surface area contributed by atoms with Crippen LogP contribution < -0.4 is 11.3 Å². The third kappa shape index (κ3) is 3.12. The number of aryl methyl sites for hydroxylation is 1. The number of nitrogen functional groups attached to an aromatic ring is 1. The van der Waals surface area contributed by atoms with Crippen LogP contribution in [0.15, 0.2) is 23.1 Å². The van der Waals surface area contributed by atoms with Crippen LogP contribution in [-0.4, -0.2) is 28.5 Å². The molecule has 98 valence electrons. The van der Waals surface area contributed by atoms with Crippen molar-refractivity contribution in [2.45, 2.75) is 32.2 Å². The molecule has 0 spiro atoms. The molecule has 5 nitrogen and oxygen atoms in total. The Balaban J connectivity index is 1.86.